The van der Waals surface area contributed by atoms with Crippen molar-refractivity contribution in [2.75, 3.05) is 17.7 Å². The van der Waals surface area contributed by atoms with Gasteiger partial charge in [-0.25, -0.2) is 4.79 Å². The van der Waals surface area contributed by atoms with Gasteiger partial charge < -0.3 is 15.4 Å². The molecule has 0 saturated carbocycles. The normalized spacial score (nSPS) is 10.8. The third-order valence-electron chi connectivity index (χ3n) is 4.03. The second kappa shape index (κ2) is 8.54. The molecule has 1 heterocycles. The summed E-state index contributed by atoms with van der Waals surface area (Å²) < 4.78 is 7.30. The van der Waals surface area contributed by atoms with Crippen LogP contribution in [0.3, 0.4) is 0 Å². The molecule has 3 aromatic rings. The quantitative estimate of drug-likeness (QED) is 0.526. The van der Waals surface area contributed by atoms with Gasteiger partial charge in [0.25, 0.3) is 0 Å². The molecule has 28 heavy (non-hydrogen) atoms. The number of nitrogens with zero attached hydrogens (tertiary/aromatic N) is 2. The van der Waals surface area contributed by atoms with Crippen molar-refractivity contribution in [2.24, 2.45) is 0 Å². The van der Waals surface area contributed by atoms with E-state index in [1.165, 1.54) is 0 Å². The van der Waals surface area contributed by atoms with Crippen LogP contribution in [0.5, 0.6) is 5.75 Å². The van der Waals surface area contributed by atoms with Crippen LogP contribution in [0.25, 0.3) is 11.3 Å². The number of methoxy groups -OCH3 is 1. The van der Waals surface area contributed by atoms with Crippen molar-refractivity contribution < 1.29 is 9.53 Å². The molecule has 8 heteroatoms. The summed E-state index contributed by atoms with van der Waals surface area (Å²) in [5.74, 6) is 0.630. The van der Waals surface area contributed by atoms with Crippen LogP contribution in [-0.2, 0) is 0 Å². The molecular weight excluding hydrogens is 399 g/mol. The number of nitrogens with one attached hydrogen (secondary N) is 2. The lowest BCUT2D eigenvalue weighted by molar-refractivity contribution is 0.262. The van der Waals surface area contributed by atoms with Crippen LogP contribution in [-0.4, -0.2) is 22.9 Å². The van der Waals surface area contributed by atoms with Crippen LogP contribution in [0.15, 0.2) is 48.7 Å². The highest BCUT2D eigenvalue weighted by Crippen LogP contribution is 2.38. The summed E-state index contributed by atoms with van der Waals surface area (Å²) in [6.45, 7) is 4.03. The Hall–Kier alpha value is -2.70. The Morgan fingerprint density at radius 2 is 1.82 bits per heavy atom. The van der Waals surface area contributed by atoms with Crippen molar-refractivity contribution in [1.29, 1.82) is 0 Å². The SMILES string of the molecule is COc1ccc(NC(=O)Nc2cccc(Cl)c2)cc1-c1c(Cl)cnn1C(C)C. The third-order valence-corrected chi connectivity index (χ3v) is 4.55. The lowest BCUT2D eigenvalue weighted by Crippen LogP contribution is -2.19. The van der Waals surface area contributed by atoms with E-state index in [0.29, 0.717) is 27.2 Å². The Morgan fingerprint density at radius 3 is 2.46 bits per heavy atom. The molecule has 0 saturated heterocycles. The number of hydrogen-bond donors (Lipinski definition) is 2. The standard InChI is InChI=1S/C20H20Cl2N4O2/c1-12(2)26-19(17(22)11-23-26)16-10-15(7-8-18(16)28-3)25-20(27)24-14-6-4-5-13(21)9-14/h4-12H,1-3H3,(H2,24,25,27). The number of benzene rings is 2. The highest BCUT2D eigenvalue weighted by molar-refractivity contribution is 6.33. The van der Waals surface area contributed by atoms with Crippen molar-refractivity contribution in [1.82, 2.24) is 9.78 Å². The zero-order valence-corrected chi connectivity index (χ0v) is 17.2. The molecule has 0 aliphatic rings. The van der Waals surface area contributed by atoms with Crippen LogP contribution in [0.1, 0.15) is 19.9 Å². The first-order chi connectivity index (χ1) is 13.4. The maximum absolute atomic E-state index is 12.3. The van der Waals surface area contributed by atoms with Crippen LogP contribution in [0.4, 0.5) is 16.2 Å². The Balaban J connectivity index is 1.89. The van der Waals surface area contributed by atoms with Gasteiger partial charge in [-0.1, -0.05) is 29.3 Å². The molecule has 3 rings (SSSR count). The van der Waals surface area contributed by atoms with Gasteiger partial charge in [0.05, 0.1) is 24.0 Å². The summed E-state index contributed by atoms with van der Waals surface area (Å²) >= 11 is 12.3. The molecule has 1 aromatic heterocycles. The second-order valence-electron chi connectivity index (χ2n) is 6.38. The van der Waals surface area contributed by atoms with Crippen LogP contribution < -0.4 is 15.4 Å². The van der Waals surface area contributed by atoms with Crippen molar-refractivity contribution in [3.05, 3.63) is 58.7 Å². The van der Waals surface area contributed by atoms with E-state index in [0.717, 1.165) is 11.3 Å². The van der Waals surface area contributed by atoms with Crippen LogP contribution in [0.2, 0.25) is 10.0 Å². The predicted molar refractivity (Wildman–Crippen MR) is 114 cm³/mol. The van der Waals surface area contributed by atoms with E-state index in [-0.39, 0.29) is 12.1 Å². The van der Waals surface area contributed by atoms with Gasteiger partial charge in [0.1, 0.15) is 5.75 Å². The average molecular weight is 419 g/mol. The molecular formula is C20H20Cl2N4O2. The van der Waals surface area contributed by atoms with Gasteiger partial charge in [-0.3, -0.25) is 4.68 Å². The van der Waals surface area contributed by atoms with E-state index in [4.69, 9.17) is 27.9 Å². The number of rotatable bonds is 5. The zero-order valence-electron chi connectivity index (χ0n) is 15.7. The number of aromatic nitrogens is 2. The minimum atomic E-state index is -0.387. The summed E-state index contributed by atoms with van der Waals surface area (Å²) in [7, 11) is 1.59. The monoisotopic (exact) mass is 418 g/mol. The third kappa shape index (κ3) is 4.40. The lowest BCUT2D eigenvalue weighted by atomic mass is 10.1. The number of urea groups is 1. The number of carbonyl (C=O) groups excluding carboxylic acids is 1. The molecule has 2 aromatic carbocycles. The fourth-order valence-electron chi connectivity index (χ4n) is 2.82. The highest BCUT2D eigenvalue weighted by atomic mass is 35.5. The minimum Gasteiger partial charge on any atom is -0.496 e. The first kappa shape index (κ1) is 20.0. The molecule has 0 spiro atoms. The smallest absolute Gasteiger partial charge is 0.323 e. The Labute approximate surface area is 173 Å². The number of anilines is 2. The molecule has 146 valence electrons. The molecule has 0 aliphatic heterocycles. The minimum absolute atomic E-state index is 0.106. The van der Waals surface area contributed by atoms with Crippen molar-refractivity contribution >= 4 is 40.6 Å². The van der Waals surface area contributed by atoms with Gasteiger partial charge in [0.2, 0.25) is 0 Å². The molecule has 6 nitrogen and oxygen atoms in total. The molecule has 2 amide bonds. The molecule has 0 unspecified atom stereocenters. The molecule has 0 atom stereocenters. The first-order valence-electron chi connectivity index (χ1n) is 8.64. The summed E-state index contributed by atoms with van der Waals surface area (Å²) in [4.78, 5) is 12.3. The lowest BCUT2D eigenvalue weighted by Gasteiger charge is -2.16. The maximum atomic E-state index is 12.3. The Kier molecular flexibility index (Phi) is 6.11. The summed E-state index contributed by atoms with van der Waals surface area (Å²) in [6, 6.07) is 12.0. The van der Waals surface area contributed by atoms with E-state index in [2.05, 4.69) is 15.7 Å². The average Bonchev–Trinajstić information content (AvgIpc) is 3.03. The topological polar surface area (TPSA) is 68.2 Å². The van der Waals surface area contributed by atoms with Crippen molar-refractivity contribution in [3.8, 4) is 17.0 Å². The maximum Gasteiger partial charge on any atom is 0.323 e. The molecule has 0 bridgehead atoms. The van der Waals surface area contributed by atoms with Crippen LogP contribution >= 0.6 is 23.2 Å². The predicted octanol–water partition coefficient (Wildman–Crippen LogP) is 6.09. The Bertz CT molecular complexity index is 1000. The van der Waals surface area contributed by atoms with Gasteiger partial charge in [-0.15, -0.1) is 0 Å². The van der Waals surface area contributed by atoms with Gasteiger partial charge in [0.15, 0.2) is 0 Å². The van der Waals surface area contributed by atoms with Crippen LogP contribution in [0, 0.1) is 0 Å². The molecule has 0 fully saturated rings. The first-order valence-corrected chi connectivity index (χ1v) is 9.39. The van der Waals surface area contributed by atoms with Gasteiger partial charge in [-0.2, -0.15) is 5.10 Å². The largest absolute Gasteiger partial charge is 0.496 e. The van der Waals surface area contributed by atoms with Gasteiger partial charge in [0, 0.05) is 28.0 Å². The molecule has 0 aliphatic carbocycles. The number of carbonyl (C=O) groups is 1. The van der Waals surface area contributed by atoms with E-state index in [1.807, 2.05) is 18.5 Å². The van der Waals surface area contributed by atoms with Crippen molar-refractivity contribution in [2.45, 2.75) is 19.9 Å². The van der Waals surface area contributed by atoms with E-state index < -0.39 is 0 Å². The van der Waals surface area contributed by atoms with Gasteiger partial charge >= 0.3 is 6.03 Å². The highest BCUT2D eigenvalue weighted by Gasteiger charge is 2.18. The van der Waals surface area contributed by atoms with Gasteiger partial charge in [-0.05, 0) is 50.2 Å². The summed E-state index contributed by atoms with van der Waals surface area (Å²) in [5, 5.41) is 10.9. The number of halogens is 2. The number of amides is 2. The van der Waals surface area contributed by atoms with E-state index in [9.17, 15) is 4.79 Å². The number of hydrogen-bond acceptors (Lipinski definition) is 3. The molecule has 0 radical (unpaired) electrons. The number of ether oxygens (including phenoxy) is 1. The van der Waals surface area contributed by atoms with E-state index in [1.54, 1.807) is 55.8 Å². The Morgan fingerprint density at radius 1 is 1.11 bits per heavy atom. The molecule has 2 N–H and O–H groups in total. The van der Waals surface area contributed by atoms with Crippen molar-refractivity contribution in [3.63, 3.8) is 0 Å². The summed E-state index contributed by atoms with van der Waals surface area (Å²) in [6.07, 6.45) is 1.60. The second-order valence-corrected chi connectivity index (χ2v) is 7.23. The summed E-state index contributed by atoms with van der Waals surface area (Å²) in [5.41, 5.74) is 2.65. The van der Waals surface area contributed by atoms with E-state index >= 15 is 0 Å². The fraction of sp³-hybridized carbons (Fsp3) is 0.200. The fourth-order valence-corrected chi connectivity index (χ4v) is 3.24. The zero-order chi connectivity index (χ0) is 20.3.